The Morgan fingerprint density at radius 3 is 2.50 bits per heavy atom. The van der Waals surface area contributed by atoms with E-state index in [-0.39, 0.29) is 18.0 Å². The molecule has 2 heteroatoms. The average molecular weight is 250 g/mol. The van der Waals surface area contributed by atoms with Gasteiger partial charge in [-0.05, 0) is 43.4 Å². The lowest BCUT2D eigenvalue weighted by Crippen LogP contribution is -2.37. The van der Waals surface area contributed by atoms with Crippen LogP contribution in [0.25, 0.3) is 0 Å². The Kier molecular flexibility index (Phi) is 3.38. The van der Waals surface area contributed by atoms with Crippen molar-refractivity contribution in [2.45, 2.75) is 64.9 Å². The summed E-state index contributed by atoms with van der Waals surface area (Å²) in [6, 6.07) is 0. The number of ether oxygens (including phenoxy) is 1. The lowest BCUT2D eigenvalue weighted by atomic mass is 9.66. The summed E-state index contributed by atoms with van der Waals surface area (Å²) in [4.78, 5) is 12.3. The molecule has 0 amide bonds. The maximum Gasteiger partial charge on any atom is 0.309 e. The van der Waals surface area contributed by atoms with E-state index in [0.717, 1.165) is 5.92 Å². The van der Waals surface area contributed by atoms with Crippen LogP contribution >= 0.6 is 0 Å². The SMILES string of the molecule is CC1CC(C)C2OC(=O)C(C3CCCCC3)C2C1. The molecule has 0 aromatic carbocycles. The summed E-state index contributed by atoms with van der Waals surface area (Å²) in [5.74, 6) is 2.86. The van der Waals surface area contributed by atoms with Gasteiger partial charge in [-0.25, -0.2) is 0 Å². The van der Waals surface area contributed by atoms with Crippen LogP contribution < -0.4 is 0 Å². The number of carbonyl (C=O) groups excluding carboxylic acids is 1. The molecule has 5 unspecified atom stereocenters. The van der Waals surface area contributed by atoms with Crippen LogP contribution in [0.1, 0.15) is 58.8 Å². The molecule has 0 aromatic rings. The average Bonchev–Trinajstić information content (AvgIpc) is 2.67. The molecule has 1 aliphatic heterocycles. The highest BCUT2D eigenvalue weighted by Crippen LogP contribution is 2.48. The van der Waals surface area contributed by atoms with Gasteiger partial charge in [-0.1, -0.05) is 33.1 Å². The van der Waals surface area contributed by atoms with Gasteiger partial charge in [0.25, 0.3) is 0 Å². The van der Waals surface area contributed by atoms with E-state index in [0.29, 0.717) is 17.8 Å². The molecule has 18 heavy (non-hydrogen) atoms. The topological polar surface area (TPSA) is 26.3 Å². The molecule has 0 aromatic heterocycles. The third-order valence-corrected chi connectivity index (χ3v) is 5.57. The Morgan fingerprint density at radius 2 is 1.78 bits per heavy atom. The standard InChI is InChI=1S/C16H26O2/c1-10-8-11(2)15-13(9-10)14(16(17)18-15)12-6-4-3-5-7-12/h10-15H,3-9H2,1-2H3. The van der Waals surface area contributed by atoms with Crippen molar-refractivity contribution in [1.82, 2.24) is 0 Å². The highest BCUT2D eigenvalue weighted by Gasteiger charge is 2.52. The molecule has 3 fully saturated rings. The summed E-state index contributed by atoms with van der Waals surface area (Å²) in [6.45, 7) is 4.61. The second-order valence-electron chi connectivity index (χ2n) is 7.04. The van der Waals surface area contributed by atoms with Crippen molar-refractivity contribution in [2.75, 3.05) is 0 Å². The molecule has 0 N–H and O–H groups in total. The van der Waals surface area contributed by atoms with Crippen molar-refractivity contribution in [3.63, 3.8) is 0 Å². The van der Waals surface area contributed by atoms with Gasteiger partial charge in [0.1, 0.15) is 6.10 Å². The minimum absolute atomic E-state index is 0.137. The Labute approximate surface area is 110 Å². The maximum atomic E-state index is 12.3. The first-order valence-electron chi connectivity index (χ1n) is 7.87. The van der Waals surface area contributed by atoms with Gasteiger partial charge in [-0.3, -0.25) is 4.79 Å². The van der Waals surface area contributed by atoms with Gasteiger partial charge in [-0.2, -0.15) is 0 Å². The van der Waals surface area contributed by atoms with Crippen LogP contribution in [0.5, 0.6) is 0 Å². The smallest absolute Gasteiger partial charge is 0.309 e. The Morgan fingerprint density at radius 1 is 1.06 bits per heavy atom. The highest BCUT2D eigenvalue weighted by atomic mass is 16.6. The van der Waals surface area contributed by atoms with Crippen molar-refractivity contribution in [2.24, 2.45) is 29.6 Å². The lowest BCUT2D eigenvalue weighted by Gasteiger charge is -2.37. The monoisotopic (exact) mass is 250 g/mol. The molecule has 1 heterocycles. The number of fused-ring (bicyclic) bond motifs is 1. The Hall–Kier alpha value is -0.530. The number of carbonyl (C=O) groups is 1. The summed E-state index contributed by atoms with van der Waals surface area (Å²) >= 11 is 0. The summed E-state index contributed by atoms with van der Waals surface area (Å²) in [7, 11) is 0. The fourth-order valence-corrected chi connectivity index (χ4v) is 4.86. The molecule has 2 saturated carbocycles. The minimum atomic E-state index is 0.137. The van der Waals surface area contributed by atoms with E-state index in [2.05, 4.69) is 13.8 Å². The first kappa shape index (κ1) is 12.5. The molecule has 2 aliphatic carbocycles. The van der Waals surface area contributed by atoms with Gasteiger partial charge in [0.2, 0.25) is 0 Å². The molecule has 0 spiro atoms. The van der Waals surface area contributed by atoms with E-state index in [1.54, 1.807) is 0 Å². The molecule has 102 valence electrons. The molecule has 0 radical (unpaired) electrons. The van der Waals surface area contributed by atoms with E-state index in [9.17, 15) is 4.79 Å². The molecule has 0 bridgehead atoms. The first-order valence-corrected chi connectivity index (χ1v) is 7.87. The summed E-state index contributed by atoms with van der Waals surface area (Å²) in [5.41, 5.74) is 0. The number of esters is 1. The van der Waals surface area contributed by atoms with Gasteiger partial charge in [-0.15, -0.1) is 0 Å². The normalized spacial score (nSPS) is 45.7. The third-order valence-electron chi connectivity index (χ3n) is 5.57. The van der Waals surface area contributed by atoms with Crippen LogP contribution in [0.3, 0.4) is 0 Å². The van der Waals surface area contributed by atoms with Gasteiger partial charge >= 0.3 is 5.97 Å². The zero-order chi connectivity index (χ0) is 12.7. The molecule has 3 aliphatic rings. The number of hydrogen-bond acceptors (Lipinski definition) is 2. The fourth-order valence-electron chi connectivity index (χ4n) is 4.86. The van der Waals surface area contributed by atoms with Gasteiger partial charge in [0.05, 0.1) is 5.92 Å². The first-order chi connectivity index (χ1) is 8.66. The molecule has 3 rings (SSSR count). The van der Waals surface area contributed by atoms with Crippen molar-refractivity contribution in [3.8, 4) is 0 Å². The van der Waals surface area contributed by atoms with Crippen LogP contribution in [0.4, 0.5) is 0 Å². The highest BCUT2D eigenvalue weighted by molar-refractivity contribution is 5.75. The van der Waals surface area contributed by atoms with Gasteiger partial charge in [0.15, 0.2) is 0 Å². The van der Waals surface area contributed by atoms with Crippen LogP contribution in [-0.2, 0) is 9.53 Å². The van der Waals surface area contributed by atoms with Crippen molar-refractivity contribution in [3.05, 3.63) is 0 Å². The van der Waals surface area contributed by atoms with Crippen LogP contribution in [0, 0.1) is 29.6 Å². The van der Waals surface area contributed by atoms with E-state index >= 15 is 0 Å². The predicted molar refractivity (Wildman–Crippen MR) is 71.0 cm³/mol. The summed E-state index contributed by atoms with van der Waals surface area (Å²) in [5, 5.41) is 0. The summed E-state index contributed by atoms with van der Waals surface area (Å²) < 4.78 is 5.75. The maximum absolute atomic E-state index is 12.3. The number of hydrogen-bond donors (Lipinski definition) is 0. The Balaban J connectivity index is 1.78. The quantitative estimate of drug-likeness (QED) is 0.662. The van der Waals surface area contributed by atoms with E-state index < -0.39 is 0 Å². The molecule has 1 saturated heterocycles. The second kappa shape index (κ2) is 4.86. The second-order valence-corrected chi connectivity index (χ2v) is 7.04. The lowest BCUT2D eigenvalue weighted by molar-refractivity contribution is -0.147. The van der Waals surface area contributed by atoms with Crippen LogP contribution in [0.2, 0.25) is 0 Å². The van der Waals surface area contributed by atoms with Gasteiger partial charge < -0.3 is 4.74 Å². The van der Waals surface area contributed by atoms with Crippen molar-refractivity contribution in [1.29, 1.82) is 0 Å². The van der Waals surface area contributed by atoms with E-state index in [1.165, 1.54) is 44.9 Å². The molecular weight excluding hydrogens is 224 g/mol. The van der Waals surface area contributed by atoms with Crippen molar-refractivity contribution >= 4 is 5.97 Å². The fraction of sp³-hybridized carbons (Fsp3) is 0.938. The van der Waals surface area contributed by atoms with E-state index in [1.807, 2.05) is 0 Å². The number of rotatable bonds is 1. The van der Waals surface area contributed by atoms with E-state index in [4.69, 9.17) is 4.74 Å². The van der Waals surface area contributed by atoms with Crippen LogP contribution in [-0.4, -0.2) is 12.1 Å². The largest absolute Gasteiger partial charge is 0.462 e. The molecule has 2 nitrogen and oxygen atoms in total. The van der Waals surface area contributed by atoms with Gasteiger partial charge in [0, 0.05) is 5.92 Å². The third kappa shape index (κ3) is 2.08. The molecular formula is C16H26O2. The van der Waals surface area contributed by atoms with Crippen LogP contribution in [0.15, 0.2) is 0 Å². The zero-order valence-electron chi connectivity index (χ0n) is 11.7. The summed E-state index contributed by atoms with van der Waals surface area (Å²) in [6.07, 6.45) is 9.18. The predicted octanol–water partition coefficient (Wildman–Crippen LogP) is 3.79. The van der Waals surface area contributed by atoms with Crippen molar-refractivity contribution < 1.29 is 9.53 Å². The Bertz CT molecular complexity index is 319. The zero-order valence-corrected chi connectivity index (χ0v) is 11.7. The molecule has 5 atom stereocenters. The minimum Gasteiger partial charge on any atom is -0.462 e.